The third-order valence-electron chi connectivity index (χ3n) is 3.40. The summed E-state index contributed by atoms with van der Waals surface area (Å²) < 4.78 is 28.8. The zero-order valence-electron chi connectivity index (χ0n) is 12.6. The van der Waals surface area contributed by atoms with Gasteiger partial charge in [0.1, 0.15) is 10.0 Å². The predicted octanol–water partition coefficient (Wildman–Crippen LogP) is 2.46. The number of nitrogens with zero attached hydrogens (tertiary/aromatic N) is 3. The average Bonchev–Trinajstić information content (AvgIpc) is 3.08. The van der Waals surface area contributed by atoms with Crippen molar-refractivity contribution in [2.75, 3.05) is 0 Å². The fraction of sp³-hybridized carbons (Fsp3) is 0.125. The van der Waals surface area contributed by atoms with Gasteiger partial charge >= 0.3 is 0 Å². The smallest absolute Gasteiger partial charge is 0.242 e. The van der Waals surface area contributed by atoms with E-state index in [1.807, 2.05) is 41.2 Å². The lowest BCUT2D eigenvalue weighted by molar-refractivity contribution is 0.581. The predicted molar refractivity (Wildman–Crippen MR) is 91.0 cm³/mol. The van der Waals surface area contributed by atoms with Crippen LogP contribution in [0.1, 0.15) is 11.1 Å². The van der Waals surface area contributed by atoms with E-state index in [2.05, 4.69) is 14.8 Å². The van der Waals surface area contributed by atoms with Crippen LogP contribution in [0.4, 0.5) is 0 Å². The van der Waals surface area contributed by atoms with Crippen LogP contribution >= 0.6 is 11.6 Å². The first-order valence-electron chi connectivity index (χ1n) is 7.19. The van der Waals surface area contributed by atoms with Gasteiger partial charge in [-0.05, 0) is 29.3 Å². The molecule has 0 bridgehead atoms. The lowest BCUT2D eigenvalue weighted by Gasteiger charge is -2.08. The molecule has 0 unspecified atom stereocenters. The first-order valence-corrected chi connectivity index (χ1v) is 9.05. The van der Waals surface area contributed by atoms with Gasteiger partial charge in [-0.2, -0.15) is 5.10 Å². The van der Waals surface area contributed by atoms with Crippen molar-refractivity contribution in [1.29, 1.82) is 0 Å². The Kier molecular flexibility index (Phi) is 4.94. The summed E-state index contributed by atoms with van der Waals surface area (Å²) in [5.74, 6) is 0. The van der Waals surface area contributed by atoms with Gasteiger partial charge in [-0.3, -0.25) is 4.68 Å². The summed E-state index contributed by atoms with van der Waals surface area (Å²) in [5, 5.41) is 4.40. The summed E-state index contributed by atoms with van der Waals surface area (Å²) in [6.07, 6.45) is 4.86. The minimum atomic E-state index is -3.61. The molecule has 6 nitrogen and oxygen atoms in total. The van der Waals surface area contributed by atoms with Gasteiger partial charge in [0.15, 0.2) is 0 Å². The summed E-state index contributed by atoms with van der Waals surface area (Å²) >= 11 is 5.67. The number of hydrogen-bond donors (Lipinski definition) is 1. The van der Waals surface area contributed by atoms with Crippen LogP contribution in [0.25, 0.3) is 0 Å². The Morgan fingerprint density at radius 1 is 1.08 bits per heavy atom. The highest BCUT2D eigenvalue weighted by atomic mass is 35.5. The van der Waals surface area contributed by atoms with Gasteiger partial charge in [0.25, 0.3) is 0 Å². The molecule has 3 aromatic rings. The van der Waals surface area contributed by atoms with Gasteiger partial charge in [0.05, 0.1) is 6.54 Å². The molecule has 3 rings (SSSR count). The summed E-state index contributed by atoms with van der Waals surface area (Å²) in [6, 6.07) is 12.4. The van der Waals surface area contributed by atoms with Gasteiger partial charge in [-0.1, -0.05) is 35.9 Å². The normalized spacial score (nSPS) is 11.5. The first-order chi connectivity index (χ1) is 11.5. The maximum Gasteiger partial charge on any atom is 0.242 e. The molecule has 0 aliphatic heterocycles. The van der Waals surface area contributed by atoms with Gasteiger partial charge < -0.3 is 0 Å². The Morgan fingerprint density at radius 2 is 1.83 bits per heavy atom. The van der Waals surface area contributed by atoms with E-state index in [9.17, 15) is 8.42 Å². The molecule has 0 saturated carbocycles. The number of hydrogen-bond acceptors (Lipinski definition) is 4. The van der Waals surface area contributed by atoms with Crippen molar-refractivity contribution in [2.45, 2.75) is 18.0 Å². The van der Waals surface area contributed by atoms with Crippen molar-refractivity contribution in [2.24, 2.45) is 0 Å². The van der Waals surface area contributed by atoms with Crippen LogP contribution in [0.2, 0.25) is 5.15 Å². The largest absolute Gasteiger partial charge is 0.268 e. The number of pyridine rings is 1. The average molecular weight is 363 g/mol. The standard InChI is InChI=1S/C16H15ClN4O2S/c17-16-7-6-15(11-18-16)24(22,23)20-10-13-2-4-14(5-3-13)12-21-9-1-8-19-21/h1-9,11,20H,10,12H2. The van der Waals surface area contributed by atoms with E-state index in [0.29, 0.717) is 6.54 Å². The molecule has 0 amide bonds. The van der Waals surface area contributed by atoms with E-state index in [-0.39, 0.29) is 16.6 Å². The number of aromatic nitrogens is 3. The maximum atomic E-state index is 12.2. The van der Waals surface area contributed by atoms with Gasteiger partial charge in [0.2, 0.25) is 10.0 Å². The SMILES string of the molecule is O=S(=O)(NCc1ccc(Cn2cccn2)cc1)c1ccc(Cl)nc1. The Morgan fingerprint density at radius 3 is 2.46 bits per heavy atom. The molecule has 0 spiro atoms. The number of rotatable bonds is 6. The molecular formula is C16H15ClN4O2S. The number of benzene rings is 1. The molecule has 8 heteroatoms. The third-order valence-corrected chi connectivity index (χ3v) is 5.01. The van der Waals surface area contributed by atoms with Crippen LogP contribution in [-0.4, -0.2) is 23.2 Å². The quantitative estimate of drug-likeness (QED) is 0.683. The molecule has 124 valence electrons. The lowest BCUT2D eigenvalue weighted by Crippen LogP contribution is -2.23. The van der Waals surface area contributed by atoms with E-state index in [1.54, 1.807) is 6.20 Å². The summed E-state index contributed by atoms with van der Waals surface area (Å²) in [6.45, 7) is 0.877. The van der Waals surface area contributed by atoms with Crippen LogP contribution in [0.3, 0.4) is 0 Å². The van der Waals surface area contributed by atoms with E-state index in [0.717, 1.165) is 11.1 Å². The lowest BCUT2D eigenvalue weighted by atomic mass is 10.1. The summed E-state index contributed by atoms with van der Waals surface area (Å²) in [5.41, 5.74) is 1.96. The van der Waals surface area contributed by atoms with E-state index >= 15 is 0 Å². The molecule has 24 heavy (non-hydrogen) atoms. The van der Waals surface area contributed by atoms with Crippen molar-refractivity contribution in [3.8, 4) is 0 Å². The second kappa shape index (κ2) is 7.12. The molecule has 1 N–H and O–H groups in total. The van der Waals surface area contributed by atoms with Crippen LogP contribution in [0.15, 0.2) is 66.0 Å². The van der Waals surface area contributed by atoms with E-state index in [4.69, 9.17) is 11.6 Å². The molecule has 1 aromatic carbocycles. The van der Waals surface area contributed by atoms with Crippen LogP contribution in [0.5, 0.6) is 0 Å². The van der Waals surface area contributed by atoms with Crippen LogP contribution < -0.4 is 4.72 Å². The Balaban J connectivity index is 1.62. The fourth-order valence-electron chi connectivity index (χ4n) is 2.13. The highest BCUT2D eigenvalue weighted by molar-refractivity contribution is 7.89. The summed E-state index contributed by atoms with van der Waals surface area (Å²) in [4.78, 5) is 3.87. The second-order valence-electron chi connectivity index (χ2n) is 5.16. The van der Waals surface area contributed by atoms with Gasteiger partial charge in [0, 0.05) is 25.1 Å². The van der Waals surface area contributed by atoms with Crippen molar-refractivity contribution >= 4 is 21.6 Å². The highest BCUT2D eigenvalue weighted by Crippen LogP contribution is 2.12. The zero-order chi connectivity index (χ0) is 17.0. The van der Waals surface area contributed by atoms with Gasteiger partial charge in [-0.25, -0.2) is 18.1 Å². The Hall–Kier alpha value is -2.22. The van der Waals surface area contributed by atoms with Crippen molar-refractivity contribution in [1.82, 2.24) is 19.5 Å². The Labute approximate surface area is 145 Å². The molecule has 2 aromatic heterocycles. The van der Waals surface area contributed by atoms with Gasteiger partial charge in [-0.15, -0.1) is 0 Å². The molecule has 2 heterocycles. The number of halogens is 1. The molecular weight excluding hydrogens is 348 g/mol. The Bertz CT molecular complexity index is 892. The number of nitrogens with one attached hydrogen (secondary N) is 1. The minimum absolute atomic E-state index is 0.0854. The molecule has 0 fully saturated rings. The molecule has 0 aliphatic carbocycles. The molecule has 0 atom stereocenters. The maximum absolute atomic E-state index is 12.2. The first kappa shape index (κ1) is 16.6. The monoisotopic (exact) mass is 362 g/mol. The topological polar surface area (TPSA) is 76.9 Å². The third kappa shape index (κ3) is 4.19. The molecule has 0 radical (unpaired) electrons. The van der Waals surface area contributed by atoms with E-state index < -0.39 is 10.0 Å². The second-order valence-corrected chi connectivity index (χ2v) is 7.32. The zero-order valence-corrected chi connectivity index (χ0v) is 14.2. The van der Waals surface area contributed by atoms with Crippen molar-refractivity contribution in [3.05, 3.63) is 77.3 Å². The van der Waals surface area contributed by atoms with Crippen molar-refractivity contribution < 1.29 is 8.42 Å². The van der Waals surface area contributed by atoms with Crippen LogP contribution in [-0.2, 0) is 23.1 Å². The number of sulfonamides is 1. The fourth-order valence-corrected chi connectivity index (χ4v) is 3.20. The minimum Gasteiger partial charge on any atom is -0.268 e. The molecule has 0 saturated heterocycles. The molecule has 0 aliphatic rings. The van der Waals surface area contributed by atoms with Crippen LogP contribution in [0, 0.1) is 0 Å². The van der Waals surface area contributed by atoms with Crippen molar-refractivity contribution in [3.63, 3.8) is 0 Å². The summed E-state index contributed by atoms with van der Waals surface area (Å²) in [7, 11) is -3.61. The van der Waals surface area contributed by atoms with E-state index in [1.165, 1.54) is 18.3 Å². The highest BCUT2D eigenvalue weighted by Gasteiger charge is 2.14.